The summed E-state index contributed by atoms with van der Waals surface area (Å²) in [5.41, 5.74) is 7.97. The van der Waals surface area contributed by atoms with Crippen molar-refractivity contribution in [1.82, 2.24) is 34.1 Å². The van der Waals surface area contributed by atoms with Crippen molar-refractivity contribution in [2.75, 3.05) is 24.7 Å². The van der Waals surface area contributed by atoms with Crippen LogP contribution in [0.3, 0.4) is 0 Å². The first-order valence-corrected chi connectivity index (χ1v) is 20.8. The lowest BCUT2D eigenvalue weighted by Gasteiger charge is -2.26. The molecular weight excluding hydrogens is 718 g/mol. The fourth-order valence-corrected chi connectivity index (χ4v) is 10.1. The predicted octanol–water partition coefficient (Wildman–Crippen LogP) is 2.30. The average Bonchev–Trinajstić information content (AvgIpc) is 3.74. The van der Waals surface area contributed by atoms with Crippen LogP contribution in [0, 0.1) is 0 Å². The van der Waals surface area contributed by atoms with Gasteiger partial charge in [-0.15, -0.1) is 11.8 Å². The molecule has 0 aromatic carbocycles. The van der Waals surface area contributed by atoms with E-state index < -0.39 is 75.9 Å². The first-order valence-electron chi connectivity index (χ1n) is 14.4. The molecule has 0 spiro atoms. The molecule has 4 aliphatic rings. The van der Waals surface area contributed by atoms with Gasteiger partial charge >= 0.3 is 13.6 Å². The number of rotatable bonds is 2. The van der Waals surface area contributed by atoms with Crippen LogP contribution in [0.2, 0.25) is 0 Å². The summed E-state index contributed by atoms with van der Waals surface area (Å²) in [6.45, 7) is -9.55. The molecule has 0 radical (unpaired) electrons. The van der Waals surface area contributed by atoms with E-state index in [2.05, 4.69) is 49.4 Å². The zero-order valence-electron chi connectivity index (χ0n) is 24.0. The van der Waals surface area contributed by atoms with E-state index >= 15 is 0 Å². The van der Waals surface area contributed by atoms with Gasteiger partial charge in [-0.05, 0) is 24.2 Å². The number of thiol groups is 2. The Balaban J connectivity index is 1.11. The third kappa shape index (κ3) is 5.82. The molecule has 3 saturated heterocycles. The van der Waals surface area contributed by atoms with E-state index in [4.69, 9.17) is 33.3 Å². The highest BCUT2D eigenvalue weighted by atomic mass is 32.7. The number of hydrogen-bond donors (Lipinski definition) is 5. The molecule has 252 valence electrons. The number of anilines is 1. The second-order valence-corrected chi connectivity index (χ2v) is 18.1. The molecule has 0 amide bonds. The van der Waals surface area contributed by atoms with Gasteiger partial charge in [0.2, 0.25) is 0 Å². The number of hydrogen-bond acceptors (Lipinski definition) is 17. The van der Waals surface area contributed by atoms with Crippen LogP contribution in [0.1, 0.15) is 24.4 Å². The number of aryl methyl sites for hydroxylation is 1. The number of nitrogens with two attached hydrogens (primary N) is 1. The summed E-state index contributed by atoms with van der Waals surface area (Å²) < 4.78 is 65.3. The minimum atomic E-state index is -4.29. The highest BCUT2D eigenvalue weighted by Gasteiger charge is 2.53. The van der Waals surface area contributed by atoms with Crippen molar-refractivity contribution in [3.8, 4) is 0 Å². The molecule has 4 aromatic rings. The van der Waals surface area contributed by atoms with E-state index in [9.17, 15) is 19.3 Å². The molecule has 4 aliphatic heterocycles. The molecule has 0 saturated carbocycles. The molecule has 47 heavy (non-hydrogen) atoms. The molecule has 18 nitrogen and oxygen atoms in total. The van der Waals surface area contributed by atoms with Crippen molar-refractivity contribution in [3.05, 3.63) is 30.7 Å². The van der Waals surface area contributed by atoms with Gasteiger partial charge in [0.05, 0.1) is 24.9 Å². The Kier molecular flexibility index (Phi) is 8.39. The van der Waals surface area contributed by atoms with Crippen molar-refractivity contribution in [3.63, 3.8) is 0 Å². The molecule has 10 atom stereocenters. The number of aliphatic hydroxyl groups is 2. The highest BCUT2D eigenvalue weighted by molar-refractivity contribution is 8.44. The molecule has 2 bridgehead atoms. The quantitative estimate of drug-likeness (QED) is 0.113. The number of aliphatic hydroxyl groups excluding tert-OH is 2. The maximum Gasteiger partial charge on any atom is 0.386 e. The third-order valence-corrected chi connectivity index (χ3v) is 12.7. The van der Waals surface area contributed by atoms with Crippen molar-refractivity contribution < 1.29 is 46.9 Å². The number of nitrogen functional groups attached to an aromatic ring is 1. The highest BCUT2D eigenvalue weighted by Crippen LogP contribution is 2.60. The maximum absolute atomic E-state index is 13.7. The monoisotopic (exact) mass is 746 g/mol. The van der Waals surface area contributed by atoms with Crippen LogP contribution in [-0.2, 0) is 43.1 Å². The van der Waals surface area contributed by atoms with E-state index in [-0.39, 0.29) is 17.0 Å². The van der Waals surface area contributed by atoms with Crippen LogP contribution in [-0.4, -0.2) is 99.9 Å². The van der Waals surface area contributed by atoms with E-state index in [0.29, 0.717) is 5.65 Å². The van der Waals surface area contributed by atoms with Gasteiger partial charge in [0.1, 0.15) is 65.5 Å². The lowest BCUT2D eigenvalue weighted by Crippen LogP contribution is -2.35. The van der Waals surface area contributed by atoms with E-state index in [1.807, 2.05) is 6.20 Å². The number of thioether (sulfide) groups is 1. The number of nitrogens with zero attached hydrogens (tertiary/aromatic N) is 7. The second kappa shape index (κ2) is 12.2. The number of ether oxygens (including phenoxy) is 2. The minimum Gasteiger partial charge on any atom is -0.387 e. The second-order valence-electron chi connectivity index (χ2n) is 11.3. The van der Waals surface area contributed by atoms with Gasteiger partial charge in [-0.2, -0.15) is 0 Å². The Morgan fingerprint density at radius 1 is 0.872 bits per heavy atom. The number of fused-ring (bicyclic) bond motifs is 4. The fraction of sp³-hybridized carbons (Fsp3) is 0.542. The SMILES string of the molecule is Nc1ncnc2c1ncn2[C@@H]1O[C@@H]2COP(=O)(S)O[C@H]3[C@@H](O)[C@H](n4cc5c6c(ncnc64)SCCC5)O[C@@H]3COP(=O)(S)O[C@@H]1[C@@H]2O. The molecular formula is C24H28N8O10P2S3. The minimum absolute atomic E-state index is 0.105. The van der Waals surface area contributed by atoms with Gasteiger partial charge in [0.15, 0.2) is 23.9 Å². The molecule has 8 heterocycles. The van der Waals surface area contributed by atoms with Gasteiger partial charge < -0.3 is 30.0 Å². The Morgan fingerprint density at radius 3 is 2.38 bits per heavy atom. The zero-order chi connectivity index (χ0) is 32.7. The summed E-state index contributed by atoms with van der Waals surface area (Å²) in [5, 5.41) is 24.4. The molecule has 4 aromatic heterocycles. The van der Waals surface area contributed by atoms with Crippen LogP contribution in [0.15, 0.2) is 30.2 Å². The van der Waals surface area contributed by atoms with Crippen molar-refractivity contribution in [1.29, 1.82) is 0 Å². The molecule has 3 fully saturated rings. The summed E-state index contributed by atoms with van der Waals surface area (Å²) in [7, 11) is 0. The number of aromatic nitrogens is 7. The zero-order valence-corrected chi connectivity index (χ0v) is 28.4. The lowest BCUT2D eigenvalue weighted by atomic mass is 10.1. The van der Waals surface area contributed by atoms with Crippen molar-refractivity contribution >= 4 is 77.9 Å². The molecule has 23 heteroatoms. The largest absolute Gasteiger partial charge is 0.387 e. The summed E-state index contributed by atoms with van der Waals surface area (Å²) in [6.07, 6.45) is -2.66. The van der Waals surface area contributed by atoms with Gasteiger partial charge in [-0.3, -0.25) is 22.7 Å². The Bertz CT molecular complexity index is 1950. The molecule has 0 aliphatic carbocycles. The molecule has 2 unspecified atom stereocenters. The Morgan fingerprint density at radius 2 is 1.57 bits per heavy atom. The topological polar surface area (TPSA) is 230 Å². The first-order chi connectivity index (χ1) is 22.5. The fourth-order valence-electron chi connectivity index (χ4n) is 6.22. The van der Waals surface area contributed by atoms with Gasteiger partial charge in [0.25, 0.3) is 0 Å². The van der Waals surface area contributed by atoms with Crippen LogP contribution in [0.5, 0.6) is 0 Å². The average molecular weight is 747 g/mol. The van der Waals surface area contributed by atoms with E-state index in [1.165, 1.54) is 23.5 Å². The van der Waals surface area contributed by atoms with Crippen LogP contribution >= 0.6 is 49.9 Å². The van der Waals surface area contributed by atoms with Crippen LogP contribution in [0.4, 0.5) is 5.82 Å². The van der Waals surface area contributed by atoms with Crippen LogP contribution in [0.25, 0.3) is 22.2 Å². The maximum atomic E-state index is 13.7. The summed E-state index contributed by atoms with van der Waals surface area (Å²) >= 11 is 9.94. The predicted molar refractivity (Wildman–Crippen MR) is 171 cm³/mol. The van der Waals surface area contributed by atoms with E-state index in [0.717, 1.165) is 34.6 Å². The number of imidazole rings is 1. The van der Waals surface area contributed by atoms with Crippen molar-refractivity contribution in [2.24, 2.45) is 0 Å². The van der Waals surface area contributed by atoms with Gasteiger partial charge in [-0.25, -0.2) is 34.0 Å². The molecule has 4 N–H and O–H groups in total. The third-order valence-electron chi connectivity index (χ3n) is 8.35. The van der Waals surface area contributed by atoms with Gasteiger partial charge in [0, 0.05) is 6.20 Å². The Labute approximate surface area is 280 Å². The van der Waals surface area contributed by atoms with Crippen LogP contribution < -0.4 is 5.73 Å². The summed E-state index contributed by atoms with van der Waals surface area (Å²) in [5.74, 6) is 1.02. The molecule has 8 rings (SSSR count). The summed E-state index contributed by atoms with van der Waals surface area (Å²) in [4.78, 5) is 21.2. The normalized spacial score (nSPS) is 38.0. The first kappa shape index (κ1) is 32.4. The summed E-state index contributed by atoms with van der Waals surface area (Å²) in [6, 6.07) is 0. The van der Waals surface area contributed by atoms with Gasteiger partial charge in [-0.1, -0.05) is 24.5 Å². The smallest absolute Gasteiger partial charge is 0.386 e. The standard InChI is InChI=1S/C24H28N8O10P2S3/c25-19-14-21(28-7-26-19)32(9-30-14)24-18-15(33)11(39-24)5-37-43(35,45)41-17-12(6-38-44(36,46)42-18)40-23(16(17)34)31-4-10-2-1-3-47-22-13(10)20(31)27-8-29-22/h4,7-9,11-12,15-18,23-24,33-34H,1-3,5-6H2,(H,35,45)(H,36,46)(H2,25,26,28)/t11-,12-,15-,16-,17-,18-,23-,24-,43?,44?/m1/s1. The Hall–Kier alpha value is -1.84. The lowest BCUT2D eigenvalue weighted by molar-refractivity contribution is -0.0574. The van der Waals surface area contributed by atoms with E-state index in [1.54, 1.807) is 16.3 Å². The van der Waals surface area contributed by atoms with Crippen molar-refractivity contribution in [2.45, 2.75) is 66.9 Å².